The van der Waals surface area contributed by atoms with Crippen molar-refractivity contribution in [2.45, 2.75) is 43.9 Å². The van der Waals surface area contributed by atoms with Crippen molar-refractivity contribution in [2.24, 2.45) is 0 Å². The summed E-state index contributed by atoms with van der Waals surface area (Å²) in [5.74, 6) is 1.08. The standard InChI is InChI=1S/C15H22FNS/c1-3-10-17-14(15(2)9-4-11-18-15)12-5-7-13(16)8-6-12/h5-8,14,17H,3-4,9-11H2,1-2H3. The SMILES string of the molecule is CCCNC(c1ccc(F)cc1)C1(C)CCCS1. The predicted molar refractivity (Wildman–Crippen MR) is 77.5 cm³/mol. The van der Waals surface area contributed by atoms with Crippen LogP contribution >= 0.6 is 11.8 Å². The second kappa shape index (κ2) is 6.07. The maximum atomic E-state index is 13.0. The van der Waals surface area contributed by atoms with Crippen LogP contribution in [0.1, 0.15) is 44.7 Å². The van der Waals surface area contributed by atoms with Gasteiger partial charge in [0.15, 0.2) is 0 Å². The third-order valence-electron chi connectivity index (χ3n) is 3.66. The molecule has 100 valence electrons. The lowest BCUT2D eigenvalue weighted by Crippen LogP contribution is -2.38. The molecule has 0 bridgehead atoms. The van der Waals surface area contributed by atoms with Gasteiger partial charge in [-0.2, -0.15) is 11.8 Å². The minimum absolute atomic E-state index is 0.155. The first-order chi connectivity index (χ1) is 8.65. The molecule has 0 amide bonds. The first-order valence-electron chi connectivity index (χ1n) is 6.78. The summed E-state index contributed by atoms with van der Waals surface area (Å²) in [5.41, 5.74) is 1.21. The molecular weight excluding hydrogens is 245 g/mol. The van der Waals surface area contributed by atoms with Crippen molar-refractivity contribution in [1.29, 1.82) is 0 Å². The third kappa shape index (κ3) is 3.07. The topological polar surface area (TPSA) is 12.0 Å². The Bertz CT molecular complexity index is 371. The summed E-state index contributed by atoms with van der Waals surface area (Å²) in [4.78, 5) is 0. The smallest absolute Gasteiger partial charge is 0.123 e. The monoisotopic (exact) mass is 267 g/mol. The van der Waals surface area contributed by atoms with Gasteiger partial charge in [-0.05, 0) is 56.2 Å². The van der Waals surface area contributed by atoms with Gasteiger partial charge in [0.25, 0.3) is 0 Å². The van der Waals surface area contributed by atoms with Gasteiger partial charge < -0.3 is 5.32 Å². The molecule has 1 N–H and O–H groups in total. The van der Waals surface area contributed by atoms with Crippen LogP contribution in [0.4, 0.5) is 4.39 Å². The van der Waals surface area contributed by atoms with E-state index in [0.29, 0.717) is 6.04 Å². The van der Waals surface area contributed by atoms with Crippen LogP contribution in [0.3, 0.4) is 0 Å². The van der Waals surface area contributed by atoms with Gasteiger partial charge in [-0.3, -0.25) is 0 Å². The summed E-state index contributed by atoms with van der Waals surface area (Å²) < 4.78 is 13.3. The van der Waals surface area contributed by atoms with Gasteiger partial charge >= 0.3 is 0 Å². The molecule has 1 aliphatic rings. The molecule has 0 aliphatic carbocycles. The molecular formula is C15H22FNS. The van der Waals surface area contributed by atoms with Crippen molar-refractivity contribution >= 4 is 11.8 Å². The Kier molecular flexibility index (Phi) is 4.68. The Morgan fingerprint density at radius 3 is 2.67 bits per heavy atom. The molecule has 0 saturated carbocycles. The Hall–Kier alpha value is -0.540. The molecule has 0 aromatic heterocycles. The minimum atomic E-state index is -0.155. The highest BCUT2D eigenvalue weighted by atomic mass is 32.2. The zero-order valence-electron chi connectivity index (χ0n) is 11.2. The molecule has 1 aliphatic heterocycles. The molecule has 1 nitrogen and oxygen atoms in total. The lowest BCUT2D eigenvalue weighted by molar-refractivity contribution is 0.413. The Labute approximate surface area is 114 Å². The average molecular weight is 267 g/mol. The van der Waals surface area contributed by atoms with Crippen molar-refractivity contribution in [2.75, 3.05) is 12.3 Å². The molecule has 2 atom stereocenters. The molecule has 1 heterocycles. The predicted octanol–water partition coefficient (Wildman–Crippen LogP) is 4.15. The number of nitrogens with one attached hydrogen (secondary N) is 1. The fraction of sp³-hybridized carbons (Fsp3) is 0.600. The van der Waals surface area contributed by atoms with Crippen LogP contribution in [0.25, 0.3) is 0 Å². The quantitative estimate of drug-likeness (QED) is 0.860. The molecule has 3 heteroatoms. The fourth-order valence-electron chi connectivity index (χ4n) is 2.66. The second-order valence-corrected chi connectivity index (χ2v) is 6.83. The first kappa shape index (κ1) is 13.9. The van der Waals surface area contributed by atoms with Gasteiger partial charge in [0, 0.05) is 10.8 Å². The Morgan fingerprint density at radius 1 is 1.39 bits per heavy atom. The summed E-state index contributed by atoms with van der Waals surface area (Å²) in [6.07, 6.45) is 3.64. The fourth-order valence-corrected chi connectivity index (χ4v) is 4.09. The van der Waals surface area contributed by atoms with Crippen LogP contribution in [0, 0.1) is 5.82 Å². The molecule has 2 rings (SSSR count). The summed E-state index contributed by atoms with van der Waals surface area (Å²) in [7, 11) is 0. The number of halogens is 1. The number of hydrogen-bond acceptors (Lipinski definition) is 2. The molecule has 0 radical (unpaired) electrons. The van der Waals surface area contributed by atoms with E-state index >= 15 is 0 Å². The lowest BCUT2D eigenvalue weighted by atomic mass is 9.90. The average Bonchev–Trinajstić information content (AvgIpc) is 2.80. The highest BCUT2D eigenvalue weighted by Gasteiger charge is 2.38. The van der Waals surface area contributed by atoms with Crippen LogP contribution < -0.4 is 5.32 Å². The largest absolute Gasteiger partial charge is 0.309 e. The molecule has 2 unspecified atom stereocenters. The first-order valence-corrected chi connectivity index (χ1v) is 7.77. The maximum absolute atomic E-state index is 13.0. The maximum Gasteiger partial charge on any atom is 0.123 e. The molecule has 1 saturated heterocycles. The van der Waals surface area contributed by atoms with E-state index in [4.69, 9.17) is 0 Å². The minimum Gasteiger partial charge on any atom is -0.309 e. The van der Waals surface area contributed by atoms with E-state index < -0.39 is 0 Å². The van der Waals surface area contributed by atoms with Crippen LogP contribution in [0.5, 0.6) is 0 Å². The van der Waals surface area contributed by atoms with E-state index in [1.807, 2.05) is 23.9 Å². The summed E-state index contributed by atoms with van der Waals surface area (Å²) in [5, 5.41) is 3.64. The normalized spacial score (nSPS) is 25.3. The van der Waals surface area contributed by atoms with E-state index in [0.717, 1.165) is 13.0 Å². The van der Waals surface area contributed by atoms with E-state index in [2.05, 4.69) is 19.2 Å². The second-order valence-electron chi connectivity index (χ2n) is 5.20. The molecule has 1 fully saturated rings. The van der Waals surface area contributed by atoms with E-state index in [9.17, 15) is 4.39 Å². The van der Waals surface area contributed by atoms with Gasteiger partial charge in [-0.1, -0.05) is 19.1 Å². The third-order valence-corrected chi connectivity index (χ3v) is 5.25. The zero-order chi connectivity index (χ0) is 13.0. The van der Waals surface area contributed by atoms with Gasteiger partial charge in [0.1, 0.15) is 5.82 Å². The van der Waals surface area contributed by atoms with Crippen LogP contribution in [0.15, 0.2) is 24.3 Å². The highest BCUT2D eigenvalue weighted by molar-refractivity contribution is 8.00. The van der Waals surface area contributed by atoms with Gasteiger partial charge in [-0.25, -0.2) is 4.39 Å². The van der Waals surface area contributed by atoms with Crippen molar-refractivity contribution in [3.63, 3.8) is 0 Å². The Morgan fingerprint density at radius 2 is 2.11 bits per heavy atom. The highest BCUT2D eigenvalue weighted by Crippen LogP contribution is 2.46. The van der Waals surface area contributed by atoms with E-state index in [-0.39, 0.29) is 10.6 Å². The summed E-state index contributed by atoms with van der Waals surface area (Å²) in [6.45, 7) is 5.53. The molecule has 1 aromatic carbocycles. The van der Waals surface area contributed by atoms with Gasteiger partial charge in [0.2, 0.25) is 0 Å². The zero-order valence-corrected chi connectivity index (χ0v) is 12.0. The van der Waals surface area contributed by atoms with Crippen LogP contribution in [0.2, 0.25) is 0 Å². The number of rotatable bonds is 5. The number of thioether (sulfide) groups is 1. The molecule has 1 aromatic rings. The van der Waals surface area contributed by atoms with Crippen molar-refractivity contribution in [3.8, 4) is 0 Å². The van der Waals surface area contributed by atoms with E-state index in [1.54, 1.807) is 12.1 Å². The lowest BCUT2D eigenvalue weighted by Gasteiger charge is -2.34. The van der Waals surface area contributed by atoms with Crippen molar-refractivity contribution in [1.82, 2.24) is 5.32 Å². The van der Waals surface area contributed by atoms with Gasteiger partial charge in [-0.15, -0.1) is 0 Å². The van der Waals surface area contributed by atoms with E-state index in [1.165, 1.54) is 24.2 Å². The van der Waals surface area contributed by atoms with Crippen LogP contribution in [-0.2, 0) is 0 Å². The number of hydrogen-bond donors (Lipinski definition) is 1. The molecule has 0 spiro atoms. The summed E-state index contributed by atoms with van der Waals surface area (Å²) >= 11 is 2.05. The van der Waals surface area contributed by atoms with Crippen molar-refractivity contribution in [3.05, 3.63) is 35.6 Å². The number of benzene rings is 1. The molecule has 18 heavy (non-hydrogen) atoms. The Balaban J connectivity index is 2.21. The van der Waals surface area contributed by atoms with Gasteiger partial charge in [0.05, 0.1) is 0 Å². The van der Waals surface area contributed by atoms with Crippen molar-refractivity contribution < 1.29 is 4.39 Å². The van der Waals surface area contributed by atoms with Crippen LogP contribution in [-0.4, -0.2) is 17.0 Å². The summed E-state index contributed by atoms with van der Waals surface area (Å²) in [6, 6.07) is 7.31.